The number of nitrogens with zero attached hydrogens (tertiary/aromatic N) is 5. The first-order valence-electron chi connectivity index (χ1n) is 7.97. The molecule has 0 spiro atoms. The van der Waals surface area contributed by atoms with Crippen molar-refractivity contribution in [3.05, 3.63) is 46.1 Å². The summed E-state index contributed by atoms with van der Waals surface area (Å²) in [7, 11) is 2.12. The molecule has 3 heterocycles. The zero-order valence-electron chi connectivity index (χ0n) is 13.9. The Bertz CT molecular complexity index is 758. The van der Waals surface area contributed by atoms with Gasteiger partial charge < -0.3 is 9.80 Å². The third kappa shape index (κ3) is 3.79. The highest BCUT2D eigenvalue weighted by atomic mass is 79.9. The van der Waals surface area contributed by atoms with Crippen molar-refractivity contribution in [1.82, 2.24) is 19.9 Å². The summed E-state index contributed by atoms with van der Waals surface area (Å²) in [6, 6.07) is 1.78. The van der Waals surface area contributed by atoms with Crippen LogP contribution in [0.2, 0.25) is 0 Å². The molecule has 0 radical (unpaired) electrons. The number of pyridine rings is 1. The van der Waals surface area contributed by atoms with Crippen LogP contribution >= 0.6 is 15.9 Å². The monoisotopic (exact) mass is 391 g/mol. The Balaban J connectivity index is 0.00000225. The number of anilines is 1. The van der Waals surface area contributed by atoms with E-state index in [-0.39, 0.29) is 7.21 Å². The zero-order valence-corrected chi connectivity index (χ0v) is 15.5. The molecular weight excluding hydrogens is 370 g/mol. The topological polar surface area (TPSA) is 62.2 Å². The SMILES string of the molecule is Cc1ncc(Br)cc1C(=O)c1cncc(N2CCCN(C)CC2)n1.[HH]. The lowest BCUT2D eigenvalue weighted by atomic mass is 10.1. The predicted molar refractivity (Wildman–Crippen MR) is 98.6 cm³/mol. The molecule has 1 aliphatic rings. The van der Waals surface area contributed by atoms with Crippen LogP contribution in [0.25, 0.3) is 0 Å². The lowest BCUT2D eigenvalue weighted by Crippen LogP contribution is -2.29. The number of aromatic nitrogens is 3. The first-order valence-corrected chi connectivity index (χ1v) is 8.76. The van der Waals surface area contributed by atoms with Crippen LogP contribution in [0.5, 0.6) is 0 Å². The van der Waals surface area contributed by atoms with Crippen molar-refractivity contribution < 1.29 is 6.22 Å². The van der Waals surface area contributed by atoms with Crippen LogP contribution in [0.4, 0.5) is 5.82 Å². The van der Waals surface area contributed by atoms with Crippen molar-refractivity contribution >= 4 is 27.5 Å². The molecule has 128 valence electrons. The van der Waals surface area contributed by atoms with Crippen LogP contribution in [0.3, 0.4) is 0 Å². The molecule has 7 heteroatoms. The van der Waals surface area contributed by atoms with Gasteiger partial charge in [0.15, 0.2) is 0 Å². The fourth-order valence-corrected chi connectivity index (χ4v) is 3.10. The van der Waals surface area contributed by atoms with E-state index in [1.165, 1.54) is 6.20 Å². The van der Waals surface area contributed by atoms with E-state index in [1.807, 2.05) is 6.92 Å². The smallest absolute Gasteiger partial charge is 0.214 e. The molecule has 0 aliphatic carbocycles. The Labute approximate surface area is 151 Å². The van der Waals surface area contributed by atoms with E-state index in [0.29, 0.717) is 17.0 Å². The Morgan fingerprint density at radius 2 is 2.04 bits per heavy atom. The zero-order chi connectivity index (χ0) is 17.1. The molecule has 0 aromatic carbocycles. The summed E-state index contributed by atoms with van der Waals surface area (Å²) < 4.78 is 0.774. The standard InChI is InChI=1S/C17H20BrN5O.H2/c1-12-14(8-13(18)9-20-12)17(24)15-10-19-11-16(21-15)23-5-3-4-22(2)6-7-23;/h8-11H,3-7H2,1-2H3;1H. The van der Waals surface area contributed by atoms with Crippen molar-refractivity contribution in [3.63, 3.8) is 0 Å². The molecule has 0 saturated carbocycles. The Kier molecular flexibility index (Phi) is 5.20. The quantitative estimate of drug-likeness (QED) is 0.749. The predicted octanol–water partition coefficient (Wildman–Crippen LogP) is 2.56. The molecule has 1 fully saturated rings. The molecule has 2 aromatic heterocycles. The van der Waals surface area contributed by atoms with Gasteiger partial charge in [-0.3, -0.25) is 14.8 Å². The number of hydrogen-bond donors (Lipinski definition) is 0. The van der Waals surface area contributed by atoms with E-state index in [9.17, 15) is 4.79 Å². The molecule has 1 saturated heterocycles. The van der Waals surface area contributed by atoms with Gasteiger partial charge in [-0.2, -0.15) is 0 Å². The summed E-state index contributed by atoms with van der Waals surface area (Å²) >= 11 is 3.36. The maximum Gasteiger partial charge on any atom is 0.214 e. The normalized spacial score (nSPS) is 16.0. The third-order valence-electron chi connectivity index (χ3n) is 4.20. The molecule has 0 N–H and O–H groups in total. The van der Waals surface area contributed by atoms with E-state index in [0.717, 1.165) is 42.9 Å². The second kappa shape index (κ2) is 7.36. The van der Waals surface area contributed by atoms with Crippen LogP contribution in [-0.4, -0.2) is 58.9 Å². The number of hydrogen-bond acceptors (Lipinski definition) is 6. The van der Waals surface area contributed by atoms with Crippen LogP contribution in [0.15, 0.2) is 29.1 Å². The largest absolute Gasteiger partial charge is 0.354 e. The first-order chi connectivity index (χ1) is 11.5. The van der Waals surface area contributed by atoms with Gasteiger partial charge in [0.1, 0.15) is 11.5 Å². The first kappa shape index (κ1) is 17.0. The molecule has 24 heavy (non-hydrogen) atoms. The van der Waals surface area contributed by atoms with Crippen LogP contribution in [-0.2, 0) is 0 Å². The summed E-state index contributed by atoms with van der Waals surface area (Å²) in [5.74, 6) is 0.611. The molecule has 1 aliphatic heterocycles. The summed E-state index contributed by atoms with van der Waals surface area (Å²) in [6.07, 6.45) is 6.01. The van der Waals surface area contributed by atoms with Crippen molar-refractivity contribution in [1.29, 1.82) is 0 Å². The number of carbonyl (C=O) groups excluding carboxylic acids is 1. The minimum atomic E-state index is -0.150. The van der Waals surface area contributed by atoms with E-state index in [2.05, 4.69) is 47.7 Å². The average molecular weight is 392 g/mol. The molecular formula is C17H22BrN5O. The van der Waals surface area contributed by atoms with Crippen LogP contribution < -0.4 is 4.90 Å². The van der Waals surface area contributed by atoms with Crippen molar-refractivity contribution in [3.8, 4) is 0 Å². The molecule has 6 nitrogen and oxygen atoms in total. The third-order valence-corrected chi connectivity index (χ3v) is 4.63. The fraction of sp³-hybridized carbons (Fsp3) is 0.412. The van der Waals surface area contributed by atoms with Gasteiger partial charge in [0.2, 0.25) is 5.78 Å². The van der Waals surface area contributed by atoms with Gasteiger partial charge in [0.25, 0.3) is 0 Å². The second-order valence-corrected chi connectivity index (χ2v) is 6.94. The molecule has 2 aromatic rings. The molecule has 3 rings (SSSR count). The molecule has 0 unspecified atom stereocenters. The molecule has 0 bridgehead atoms. The number of aryl methyl sites for hydroxylation is 1. The Morgan fingerprint density at radius 3 is 2.88 bits per heavy atom. The number of ketones is 1. The summed E-state index contributed by atoms with van der Waals surface area (Å²) in [4.78, 5) is 30.3. The molecule has 0 atom stereocenters. The second-order valence-electron chi connectivity index (χ2n) is 6.02. The van der Waals surface area contributed by atoms with Gasteiger partial charge in [0.05, 0.1) is 12.4 Å². The maximum absolute atomic E-state index is 12.8. The highest BCUT2D eigenvalue weighted by Crippen LogP contribution is 2.18. The lowest BCUT2D eigenvalue weighted by molar-refractivity contribution is 0.103. The van der Waals surface area contributed by atoms with Gasteiger partial charge in [-0.25, -0.2) is 4.98 Å². The van der Waals surface area contributed by atoms with Crippen LogP contribution in [0.1, 0.15) is 29.6 Å². The van der Waals surface area contributed by atoms with E-state index in [4.69, 9.17) is 0 Å². The van der Waals surface area contributed by atoms with Crippen molar-refractivity contribution in [2.75, 3.05) is 38.1 Å². The van der Waals surface area contributed by atoms with Gasteiger partial charge >= 0.3 is 0 Å². The van der Waals surface area contributed by atoms with Crippen LogP contribution in [0, 0.1) is 6.92 Å². The van der Waals surface area contributed by atoms with Crippen molar-refractivity contribution in [2.45, 2.75) is 13.3 Å². The number of carbonyl (C=O) groups is 1. The highest BCUT2D eigenvalue weighted by molar-refractivity contribution is 9.10. The number of likely N-dealkylation sites (N-methyl/N-ethyl adjacent to an activating group) is 1. The lowest BCUT2D eigenvalue weighted by Gasteiger charge is -2.21. The molecule has 0 amide bonds. The number of halogens is 1. The van der Waals surface area contributed by atoms with Gasteiger partial charge in [-0.1, -0.05) is 0 Å². The summed E-state index contributed by atoms with van der Waals surface area (Å²) in [5.41, 5.74) is 1.59. The van der Waals surface area contributed by atoms with E-state index >= 15 is 0 Å². The van der Waals surface area contributed by atoms with Gasteiger partial charge in [-0.05, 0) is 48.9 Å². The Hall–Kier alpha value is -1.86. The maximum atomic E-state index is 12.8. The Morgan fingerprint density at radius 1 is 1.21 bits per heavy atom. The fourth-order valence-electron chi connectivity index (χ4n) is 2.77. The highest BCUT2D eigenvalue weighted by Gasteiger charge is 2.18. The van der Waals surface area contributed by atoms with Crippen molar-refractivity contribution in [2.24, 2.45) is 0 Å². The minimum Gasteiger partial charge on any atom is -0.354 e. The van der Waals surface area contributed by atoms with Gasteiger partial charge in [0, 0.05) is 43.0 Å². The summed E-state index contributed by atoms with van der Waals surface area (Å²) in [5, 5.41) is 0. The average Bonchev–Trinajstić information content (AvgIpc) is 2.81. The summed E-state index contributed by atoms with van der Waals surface area (Å²) in [6.45, 7) is 5.69. The van der Waals surface area contributed by atoms with E-state index in [1.54, 1.807) is 18.5 Å². The number of rotatable bonds is 3. The van der Waals surface area contributed by atoms with E-state index < -0.39 is 0 Å². The minimum absolute atomic E-state index is 0. The van der Waals surface area contributed by atoms with Gasteiger partial charge in [-0.15, -0.1) is 0 Å².